The zero-order chi connectivity index (χ0) is 21.9. The van der Waals surface area contributed by atoms with E-state index in [1.807, 2.05) is 46.0 Å². The average Bonchev–Trinajstić information content (AvgIpc) is 2.66. The van der Waals surface area contributed by atoms with Gasteiger partial charge in [0.15, 0.2) is 11.5 Å². The fourth-order valence-corrected chi connectivity index (χ4v) is 2.73. The Labute approximate surface area is 174 Å². The van der Waals surface area contributed by atoms with Crippen LogP contribution in [0.25, 0.3) is 0 Å². The van der Waals surface area contributed by atoms with Crippen molar-refractivity contribution in [2.45, 2.75) is 58.5 Å². The number of carbonyl (C=O) groups excluding carboxylic acids is 2. The Bertz CT molecular complexity index is 655. The van der Waals surface area contributed by atoms with Gasteiger partial charge in [-0.25, -0.2) is 4.79 Å². The molecule has 1 rings (SSSR count). The van der Waals surface area contributed by atoms with Crippen molar-refractivity contribution in [3.63, 3.8) is 0 Å². The average molecular weight is 409 g/mol. The molecule has 29 heavy (non-hydrogen) atoms. The van der Waals surface area contributed by atoms with Crippen molar-refractivity contribution < 1.29 is 23.8 Å². The Morgan fingerprint density at radius 2 is 1.72 bits per heavy atom. The molecule has 1 aromatic carbocycles. The van der Waals surface area contributed by atoms with Gasteiger partial charge < -0.3 is 24.4 Å². The zero-order valence-electron chi connectivity index (χ0n) is 18.7. The molecule has 0 unspecified atom stereocenters. The van der Waals surface area contributed by atoms with Crippen molar-refractivity contribution in [3.8, 4) is 11.5 Å². The van der Waals surface area contributed by atoms with Gasteiger partial charge in [-0.1, -0.05) is 12.5 Å². The summed E-state index contributed by atoms with van der Waals surface area (Å²) >= 11 is 0. The van der Waals surface area contributed by atoms with E-state index < -0.39 is 11.7 Å². The van der Waals surface area contributed by atoms with Crippen molar-refractivity contribution in [2.75, 3.05) is 34.4 Å². The number of alkyl carbamates (subject to hydrolysis) is 1. The highest BCUT2D eigenvalue weighted by atomic mass is 16.6. The molecule has 2 amide bonds. The summed E-state index contributed by atoms with van der Waals surface area (Å²) in [6, 6.07) is 5.80. The summed E-state index contributed by atoms with van der Waals surface area (Å²) in [4.78, 5) is 25.6. The van der Waals surface area contributed by atoms with Crippen LogP contribution in [0.15, 0.2) is 18.2 Å². The molecule has 164 valence electrons. The minimum absolute atomic E-state index is 0.130. The van der Waals surface area contributed by atoms with Crippen molar-refractivity contribution in [3.05, 3.63) is 23.8 Å². The van der Waals surface area contributed by atoms with Gasteiger partial charge in [0, 0.05) is 26.6 Å². The number of nitrogens with one attached hydrogen (secondary N) is 1. The number of nitrogens with zero attached hydrogens (tertiary/aromatic N) is 1. The standard InChI is InChI=1S/C22H36N2O5/c1-22(2,3)29-21(26)23-14-9-7-8-10-20(25)24(4)15-13-17-11-12-18(27-5)19(16-17)28-6/h11-12,16H,7-10,13-15H2,1-6H3,(H,23,26). The van der Waals surface area contributed by atoms with Gasteiger partial charge in [0.25, 0.3) is 0 Å². The number of benzene rings is 1. The molecular formula is C22H36N2O5. The number of hydrogen-bond donors (Lipinski definition) is 1. The molecule has 0 aliphatic rings. The van der Waals surface area contributed by atoms with Crippen molar-refractivity contribution in [2.24, 2.45) is 0 Å². The van der Waals surface area contributed by atoms with E-state index in [0.29, 0.717) is 31.0 Å². The molecule has 7 heteroatoms. The second-order valence-corrected chi connectivity index (χ2v) is 7.99. The molecule has 1 aromatic rings. The summed E-state index contributed by atoms with van der Waals surface area (Å²) in [5.74, 6) is 1.52. The first kappa shape index (κ1) is 24.6. The number of ether oxygens (including phenoxy) is 3. The molecule has 0 radical (unpaired) electrons. The molecule has 0 fully saturated rings. The fourth-order valence-electron chi connectivity index (χ4n) is 2.73. The maximum absolute atomic E-state index is 12.3. The number of hydrogen-bond acceptors (Lipinski definition) is 5. The SMILES string of the molecule is COc1ccc(CCN(C)C(=O)CCCCCNC(=O)OC(C)(C)C)cc1OC. The molecule has 0 atom stereocenters. The predicted octanol–water partition coefficient (Wildman–Crippen LogP) is 3.79. The van der Waals surface area contributed by atoms with Crippen LogP contribution in [-0.2, 0) is 16.0 Å². The molecule has 0 spiro atoms. The Morgan fingerprint density at radius 1 is 1.03 bits per heavy atom. The smallest absolute Gasteiger partial charge is 0.407 e. The first-order chi connectivity index (χ1) is 13.7. The molecule has 0 aromatic heterocycles. The molecular weight excluding hydrogens is 372 g/mol. The quantitative estimate of drug-likeness (QED) is 0.564. The number of methoxy groups -OCH3 is 2. The highest BCUT2D eigenvalue weighted by Crippen LogP contribution is 2.27. The first-order valence-electron chi connectivity index (χ1n) is 10.1. The van der Waals surface area contributed by atoms with Crippen LogP contribution in [-0.4, -0.2) is 56.9 Å². The molecule has 7 nitrogen and oxygen atoms in total. The lowest BCUT2D eigenvalue weighted by atomic mass is 10.1. The van der Waals surface area contributed by atoms with E-state index in [-0.39, 0.29) is 5.91 Å². The molecule has 0 saturated heterocycles. The largest absolute Gasteiger partial charge is 0.493 e. The van der Waals surface area contributed by atoms with Crippen LogP contribution in [0, 0.1) is 0 Å². The topological polar surface area (TPSA) is 77.1 Å². The molecule has 0 heterocycles. The Hall–Kier alpha value is -2.44. The monoisotopic (exact) mass is 408 g/mol. The van der Waals surface area contributed by atoms with Gasteiger partial charge >= 0.3 is 6.09 Å². The maximum Gasteiger partial charge on any atom is 0.407 e. The van der Waals surface area contributed by atoms with Crippen LogP contribution >= 0.6 is 0 Å². The summed E-state index contributed by atoms with van der Waals surface area (Å²) in [6.45, 7) is 6.70. The van der Waals surface area contributed by atoms with Crippen LogP contribution in [0.4, 0.5) is 4.79 Å². The fraction of sp³-hybridized carbons (Fsp3) is 0.636. The van der Waals surface area contributed by atoms with E-state index in [2.05, 4.69) is 5.32 Å². The van der Waals surface area contributed by atoms with Crippen LogP contribution < -0.4 is 14.8 Å². The van der Waals surface area contributed by atoms with Gasteiger partial charge in [-0.3, -0.25) is 4.79 Å². The van der Waals surface area contributed by atoms with Crippen LogP contribution in [0.1, 0.15) is 52.0 Å². The van der Waals surface area contributed by atoms with Crippen LogP contribution in [0.5, 0.6) is 11.5 Å². The zero-order valence-corrected chi connectivity index (χ0v) is 18.7. The van der Waals surface area contributed by atoms with Crippen LogP contribution in [0.3, 0.4) is 0 Å². The van der Waals surface area contributed by atoms with Gasteiger partial charge in [-0.05, 0) is 57.7 Å². The summed E-state index contributed by atoms with van der Waals surface area (Å²) in [5, 5.41) is 2.73. The van der Waals surface area contributed by atoms with E-state index in [1.54, 1.807) is 19.1 Å². The summed E-state index contributed by atoms with van der Waals surface area (Å²) in [5.41, 5.74) is 0.605. The van der Waals surface area contributed by atoms with Gasteiger partial charge in [0.05, 0.1) is 14.2 Å². The van der Waals surface area contributed by atoms with Crippen molar-refractivity contribution >= 4 is 12.0 Å². The number of amides is 2. The van der Waals surface area contributed by atoms with E-state index >= 15 is 0 Å². The molecule has 0 saturated carbocycles. The molecule has 0 bridgehead atoms. The Kier molecular flexibility index (Phi) is 10.3. The van der Waals surface area contributed by atoms with Crippen molar-refractivity contribution in [1.29, 1.82) is 0 Å². The molecule has 1 N–H and O–H groups in total. The van der Waals surface area contributed by atoms with Gasteiger partial charge in [-0.2, -0.15) is 0 Å². The highest BCUT2D eigenvalue weighted by molar-refractivity contribution is 5.75. The Balaban J connectivity index is 2.22. The van der Waals surface area contributed by atoms with Crippen LogP contribution in [0.2, 0.25) is 0 Å². The number of carbonyl (C=O) groups is 2. The van der Waals surface area contributed by atoms with Gasteiger partial charge in [-0.15, -0.1) is 0 Å². The molecule has 0 aliphatic carbocycles. The van der Waals surface area contributed by atoms with Gasteiger partial charge in [0.1, 0.15) is 5.60 Å². The Morgan fingerprint density at radius 3 is 2.34 bits per heavy atom. The second kappa shape index (κ2) is 12.2. The lowest BCUT2D eigenvalue weighted by Crippen LogP contribution is -2.33. The number of unbranched alkanes of at least 4 members (excludes halogenated alkanes) is 2. The van der Waals surface area contributed by atoms with E-state index in [1.165, 1.54) is 0 Å². The minimum atomic E-state index is -0.488. The summed E-state index contributed by atoms with van der Waals surface area (Å²) in [6.07, 6.45) is 3.36. The third-order valence-electron chi connectivity index (χ3n) is 4.35. The minimum Gasteiger partial charge on any atom is -0.493 e. The van der Waals surface area contributed by atoms with E-state index in [0.717, 1.165) is 31.2 Å². The predicted molar refractivity (Wildman–Crippen MR) is 114 cm³/mol. The lowest BCUT2D eigenvalue weighted by molar-refractivity contribution is -0.130. The normalized spacial score (nSPS) is 11.0. The maximum atomic E-state index is 12.3. The first-order valence-corrected chi connectivity index (χ1v) is 10.1. The van der Waals surface area contributed by atoms with Gasteiger partial charge in [0.2, 0.25) is 5.91 Å². The third kappa shape index (κ3) is 10.1. The number of likely N-dealkylation sites (N-methyl/N-ethyl adjacent to an activating group) is 1. The second-order valence-electron chi connectivity index (χ2n) is 7.99. The number of rotatable bonds is 11. The van der Waals surface area contributed by atoms with Crippen molar-refractivity contribution in [1.82, 2.24) is 10.2 Å². The van der Waals surface area contributed by atoms with E-state index in [9.17, 15) is 9.59 Å². The molecule has 0 aliphatic heterocycles. The summed E-state index contributed by atoms with van der Waals surface area (Å²) < 4.78 is 15.7. The lowest BCUT2D eigenvalue weighted by Gasteiger charge is -2.19. The summed E-state index contributed by atoms with van der Waals surface area (Å²) in [7, 11) is 5.05. The van der Waals surface area contributed by atoms with E-state index in [4.69, 9.17) is 14.2 Å². The third-order valence-corrected chi connectivity index (χ3v) is 4.35. The highest BCUT2D eigenvalue weighted by Gasteiger charge is 2.15.